The van der Waals surface area contributed by atoms with E-state index in [4.69, 9.17) is 14.0 Å². The molecule has 0 amide bonds. The molecule has 1 aromatic heterocycles. The maximum absolute atomic E-state index is 13.0. The van der Waals surface area contributed by atoms with Gasteiger partial charge in [0.15, 0.2) is 6.61 Å². The van der Waals surface area contributed by atoms with Crippen LogP contribution in [0.2, 0.25) is 0 Å². The van der Waals surface area contributed by atoms with Gasteiger partial charge in [0.25, 0.3) is 5.89 Å². The third-order valence-corrected chi connectivity index (χ3v) is 3.68. The van der Waals surface area contributed by atoms with Crippen molar-refractivity contribution in [1.82, 2.24) is 10.1 Å². The summed E-state index contributed by atoms with van der Waals surface area (Å²) in [4.78, 5) is 4.28. The van der Waals surface area contributed by atoms with Crippen molar-refractivity contribution in [2.45, 2.75) is 6.61 Å². The predicted molar refractivity (Wildman–Crippen MR) is 84.7 cm³/mol. The summed E-state index contributed by atoms with van der Waals surface area (Å²) in [5.41, 5.74) is 0.730. The van der Waals surface area contributed by atoms with Crippen molar-refractivity contribution in [2.75, 3.05) is 7.11 Å². The first kappa shape index (κ1) is 15.5. The molecule has 0 aliphatic rings. The van der Waals surface area contributed by atoms with Crippen LogP contribution in [-0.4, -0.2) is 17.3 Å². The average molecular weight is 379 g/mol. The number of ether oxygens (including phenoxy) is 2. The third-order valence-electron chi connectivity index (χ3n) is 3.06. The van der Waals surface area contributed by atoms with Crippen LogP contribution in [0.15, 0.2) is 51.5 Å². The van der Waals surface area contributed by atoms with Gasteiger partial charge in [-0.05, 0) is 46.3 Å². The summed E-state index contributed by atoms with van der Waals surface area (Å²) in [6.45, 7) is 0.0758. The van der Waals surface area contributed by atoms with Crippen LogP contribution in [-0.2, 0) is 6.61 Å². The predicted octanol–water partition coefficient (Wildman–Crippen LogP) is 4.23. The van der Waals surface area contributed by atoms with Crippen molar-refractivity contribution in [1.29, 1.82) is 0 Å². The van der Waals surface area contributed by atoms with Gasteiger partial charge in [0.05, 0.1) is 17.1 Å². The van der Waals surface area contributed by atoms with Crippen molar-refractivity contribution in [3.63, 3.8) is 0 Å². The van der Waals surface area contributed by atoms with Crippen molar-refractivity contribution < 1.29 is 18.4 Å². The lowest BCUT2D eigenvalue weighted by molar-refractivity contribution is 0.241. The molecule has 0 atom stereocenters. The van der Waals surface area contributed by atoms with E-state index in [1.54, 1.807) is 7.11 Å². The van der Waals surface area contributed by atoms with E-state index in [9.17, 15) is 4.39 Å². The number of nitrogens with zero attached hydrogens (tertiary/aromatic N) is 2. The average Bonchev–Trinajstić information content (AvgIpc) is 3.03. The van der Waals surface area contributed by atoms with E-state index in [1.165, 1.54) is 18.2 Å². The zero-order valence-corrected chi connectivity index (χ0v) is 13.7. The van der Waals surface area contributed by atoms with Gasteiger partial charge in [0.1, 0.15) is 17.3 Å². The molecule has 0 radical (unpaired) electrons. The molecule has 0 bridgehead atoms. The molecule has 0 aliphatic heterocycles. The van der Waals surface area contributed by atoms with Crippen molar-refractivity contribution >= 4 is 15.9 Å². The lowest BCUT2D eigenvalue weighted by Crippen LogP contribution is -1.97. The van der Waals surface area contributed by atoms with Crippen LogP contribution in [0.25, 0.3) is 11.4 Å². The Morgan fingerprint density at radius 1 is 1.17 bits per heavy atom. The summed E-state index contributed by atoms with van der Waals surface area (Å²) >= 11 is 3.23. The van der Waals surface area contributed by atoms with E-state index >= 15 is 0 Å². The second-order valence-corrected chi connectivity index (χ2v) is 5.43. The highest BCUT2D eigenvalue weighted by Gasteiger charge is 2.13. The van der Waals surface area contributed by atoms with Gasteiger partial charge in [-0.3, -0.25) is 0 Å². The van der Waals surface area contributed by atoms with Crippen molar-refractivity contribution in [2.24, 2.45) is 0 Å². The highest BCUT2D eigenvalue weighted by molar-refractivity contribution is 9.10. The van der Waals surface area contributed by atoms with Gasteiger partial charge >= 0.3 is 0 Å². The van der Waals surface area contributed by atoms with E-state index in [0.29, 0.717) is 27.7 Å². The largest absolute Gasteiger partial charge is 0.496 e. The summed E-state index contributed by atoms with van der Waals surface area (Å²) in [6, 6.07) is 11.5. The number of para-hydroxylation sites is 1. The van der Waals surface area contributed by atoms with Crippen molar-refractivity contribution in [3.8, 4) is 22.9 Å². The molecule has 0 saturated carbocycles. The number of rotatable bonds is 5. The lowest BCUT2D eigenvalue weighted by Gasteiger charge is -2.05. The van der Waals surface area contributed by atoms with E-state index in [1.807, 2.05) is 24.3 Å². The Bertz CT molecular complexity index is 823. The maximum Gasteiger partial charge on any atom is 0.264 e. The molecule has 0 saturated heterocycles. The maximum atomic E-state index is 13.0. The van der Waals surface area contributed by atoms with Crippen LogP contribution in [0.5, 0.6) is 11.5 Å². The van der Waals surface area contributed by atoms with Gasteiger partial charge in [-0.15, -0.1) is 0 Å². The topological polar surface area (TPSA) is 57.4 Å². The molecule has 23 heavy (non-hydrogen) atoms. The molecule has 0 aliphatic carbocycles. The summed E-state index contributed by atoms with van der Waals surface area (Å²) in [5, 5.41) is 3.93. The van der Waals surface area contributed by atoms with Crippen LogP contribution < -0.4 is 9.47 Å². The smallest absolute Gasteiger partial charge is 0.264 e. The van der Waals surface area contributed by atoms with Crippen LogP contribution in [0.4, 0.5) is 4.39 Å². The lowest BCUT2D eigenvalue weighted by atomic mass is 10.2. The second kappa shape index (κ2) is 6.78. The summed E-state index contributed by atoms with van der Waals surface area (Å²) < 4.78 is 29.5. The fraction of sp³-hybridized carbons (Fsp3) is 0.125. The number of benzene rings is 2. The molecule has 0 spiro atoms. The van der Waals surface area contributed by atoms with Crippen LogP contribution in [0.3, 0.4) is 0 Å². The monoisotopic (exact) mass is 378 g/mol. The highest BCUT2D eigenvalue weighted by atomic mass is 79.9. The molecule has 1 heterocycles. The summed E-state index contributed by atoms with van der Waals surface area (Å²) in [6.07, 6.45) is 0. The van der Waals surface area contributed by atoms with Gasteiger partial charge in [-0.25, -0.2) is 4.39 Å². The van der Waals surface area contributed by atoms with E-state index in [2.05, 4.69) is 26.1 Å². The number of hydrogen-bond acceptors (Lipinski definition) is 5. The van der Waals surface area contributed by atoms with Gasteiger partial charge in [0.2, 0.25) is 5.82 Å². The number of halogens is 2. The summed E-state index contributed by atoms with van der Waals surface area (Å²) in [7, 11) is 1.58. The molecule has 0 unspecified atom stereocenters. The molecular formula is C16H12BrFN2O3. The van der Waals surface area contributed by atoms with Gasteiger partial charge < -0.3 is 14.0 Å². The Labute approximate surface area is 140 Å². The zero-order valence-electron chi connectivity index (χ0n) is 12.1. The molecule has 7 heteroatoms. The molecule has 5 nitrogen and oxygen atoms in total. The fourth-order valence-electron chi connectivity index (χ4n) is 1.98. The second-order valence-electron chi connectivity index (χ2n) is 4.58. The normalized spacial score (nSPS) is 10.6. The molecule has 118 valence electrons. The standard InChI is InChI=1S/C16H12BrFN2O3/c1-21-13-5-3-2-4-11(13)16-19-15(23-20-16)9-22-14-7-6-10(18)8-12(14)17/h2-8H,9H2,1H3. The number of aromatic nitrogens is 2. The SMILES string of the molecule is COc1ccccc1-c1noc(COc2ccc(F)cc2Br)n1. The van der Waals surface area contributed by atoms with Crippen LogP contribution in [0, 0.1) is 5.82 Å². The van der Waals surface area contributed by atoms with Crippen molar-refractivity contribution in [3.05, 3.63) is 58.6 Å². The zero-order chi connectivity index (χ0) is 16.2. The molecule has 2 aromatic carbocycles. The van der Waals surface area contributed by atoms with Crippen LogP contribution in [0.1, 0.15) is 5.89 Å². The Morgan fingerprint density at radius 2 is 2.00 bits per heavy atom. The minimum Gasteiger partial charge on any atom is -0.496 e. The Morgan fingerprint density at radius 3 is 2.78 bits per heavy atom. The fourth-order valence-corrected chi connectivity index (χ4v) is 2.45. The third kappa shape index (κ3) is 3.50. The first-order chi connectivity index (χ1) is 11.2. The van der Waals surface area contributed by atoms with Gasteiger partial charge in [0, 0.05) is 0 Å². The van der Waals surface area contributed by atoms with E-state index < -0.39 is 0 Å². The minimum atomic E-state index is -0.347. The van der Waals surface area contributed by atoms with E-state index in [-0.39, 0.29) is 12.4 Å². The van der Waals surface area contributed by atoms with E-state index in [0.717, 1.165) is 5.56 Å². The van der Waals surface area contributed by atoms with Gasteiger partial charge in [-0.2, -0.15) is 4.98 Å². The minimum absolute atomic E-state index is 0.0758. The summed E-state index contributed by atoms with van der Waals surface area (Å²) in [5.74, 6) is 1.52. The quantitative estimate of drug-likeness (QED) is 0.664. The molecular weight excluding hydrogens is 367 g/mol. The first-order valence-electron chi connectivity index (χ1n) is 6.71. The molecule has 0 N–H and O–H groups in total. The highest BCUT2D eigenvalue weighted by Crippen LogP contribution is 2.28. The van der Waals surface area contributed by atoms with Crippen LogP contribution >= 0.6 is 15.9 Å². The number of methoxy groups -OCH3 is 1. The Balaban J connectivity index is 1.75. The number of hydrogen-bond donors (Lipinski definition) is 0. The Hall–Kier alpha value is -2.41. The molecule has 3 aromatic rings. The molecule has 3 rings (SSSR count). The Kier molecular flexibility index (Phi) is 4.57. The first-order valence-corrected chi connectivity index (χ1v) is 7.50. The van der Waals surface area contributed by atoms with Gasteiger partial charge in [-0.1, -0.05) is 17.3 Å². The molecule has 0 fully saturated rings.